The number of fused-ring (bicyclic) bond motifs is 1. The summed E-state index contributed by atoms with van der Waals surface area (Å²) in [6.45, 7) is 2.95. The highest BCUT2D eigenvalue weighted by atomic mass is 32.1. The van der Waals surface area contributed by atoms with E-state index in [2.05, 4.69) is 11.4 Å². The molecule has 3 aromatic rings. The number of likely N-dealkylation sites (tertiary alicyclic amines) is 1. The van der Waals surface area contributed by atoms with Crippen LogP contribution in [0.15, 0.2) is 54.6 Å². The molecule has 150 valence electrons. The van der Waals surface area contributed by atoms with E-state index in [4.69, 9.17) is 4.98 Å². The second-order valence-corrected chi connectivity index (χ2v) is 8.63. The summed E-state index contributed by atoms with van der Waals surface area (Å²) in [5.74, 6) is 0.233. The van der Waals surface area contributed by atoms with Gasteiger partial charge in [0.1, 0.15) is 0 Å². The van der Waals surface area contributed by atoms with Gasteiger partial charge in [0.15, 0.2) is 0 Å². The Morgan fingerprint density at radius 2 is 1.93 bits per heavy atom. The maximum Gasteiger partial charge on any atom is 0.225 e. The van der Waals surface area contributed by atoms with Crippen LogP contribution in [-0.4, -0.2) is 34.8 Å². The van der Waals surface area contributed by atoms with Gasteiger partial charge < -0.3 is 10.2 Å². The van der Waals surface area contributed by atoms with Crippen LogP contribution >= 0.6 is 11.3 Å². The molecule has 1 N–H and O–H groups in total. The van der Waals surface area contributed by atoms with Crippen molar-refractivity contribution in [2.45, 2.75) is 38.1 Å². The average molecular weight is 408 g/mol. The van der Waals surface area contributed by atoms with Gasteiger partial charge in [0.2, 0.25) is 11.8 Å². The Kier molecular flexibility index (Phi) is 5.90. The normalized spacial score (nSPS) is 17.8. The molecule has 1 aliphatic rings. The van der Waals surface area contributed by atoms with Crippen molar-refractivity contribution in [1.29, 1.82) is 0 Å². The van der Waals surface area contributed by atoms with Gasteiger partial charge in [-0.2, -0.15) is 0 Å². The van der Waals surface area contributed by atoms with Crippen LogP contribution in [0.2, 0.25) is 0 Å². The first-order valence-corrected chi connectivity index (χ1v) is 10.9. The van der Waals surface area contributed by atoms with Crippen molar-refractivity contribution >= 4 is 33.4 Å². The van der Waals surface area contributed by atoms with Gasteiger partial charge in [0.05, 0.1) is 27.7 Å². The van der Waals surface area contributed by atoms with Gasteiger partial charge in [0.25, 0.3) is 0 Å². The number of hydrogen-bond acceptors (Lipinski definition) is 4. The van der Waals surface area contributed by atoms with Crippen LogP contribution in [0, 0.1) is 0 Å². The number of piperidine rings is 1. The fraction of sp³-hybridized carbons (Fsp3) is 0.348. The van der Waals surface area contributed by atoms with E-state index in [1.807, 2.05) is 53.4 Å². The topological polar surface area (TPSA) is 62.3 Å². The maximum absolute atomic E-state index is 13.1. The first kappa shape index (κ1) is 19.6. The molecule has 4 rings (SSSR count). The first-order valence-electron chi connectivity index (χ1n) is 10.1. The monoisotopic (exact) mass is 407 g/mol. The smallest absolute Gasteiger partial charge is 0.225 e. The lowest BCUT2D eigenvalue weighted by Gasteiger charge is -2.33. The molecule has 2 aromatic carbocycles. The number of nitrogens with one attached hydrogen (secondary N) is 1. The van der Waals surface area contributed by atoms with Gasteiger partial charge >= 0.3 is 0 Å². The number of hydrogen-bond donors (Lipinski definition) is 1. The number of amides is 2. The third-order valence-electron chi connectivity index (χ3n) is 5.39. The molecule has 6 heteroatoms. The second kappa shape index (κ2) is 8.74. The lowest BCUT2D eigenvalue weighted by molar-refractivity contribution is -0.133. The Morgan fingerprint density at radius 1 is 1.17 bits per heavy atom. The lowest BCUT2D eigenvalue weighted by Crippen LogP contribution is -2.41. The highest BCUT2D eigenvalue weighted by Crippen LogP contribution is 2.33. The molecule has 1 fully saturated rings. The minimum absolute atomic E-state index is 0.0819. The fourth-order valence-corrected chi connectivity index (χ4v) is 5.05. The molecular weight excluding hydrogens is 382 g/mol. The van der Waals surface area contributed by atoms with Crippen molar-refractivity contribution < 1.29 is 9.59 Å². The molecule has 2 heterocycles. The van der Waals surface area contributed by atoms with E-state index in [1.165, 1.54) is 11.6 Å². The van der Waals surface area contributed by atoms with Crippen LogP contribution in [0.3, 0.4) is 0 Å². The van der Waals surface area contributed by atoms with Crippen LogP contribution < -0.4 is 5.32 Å². The number of para-hydroxylation sites is 1. The van der Waals surface area contributed by atoms with Gasteiger partial charge in [-0.25, -0.2) is 4.98 Å². The van der Waals surface area contributed by atoms with Gasteiger partial charge in [-0.05, 0) is 30.5 Å². The molecule has 2 amide bonds. The van der Waals surface area contributed by atoms with Crippen LogP contribution in [0.25, 0.3) is 10.2 Å². The maximum atomic E-state index is 13.1. The zero-order valence-corrected chi connectivity index (χ0v) is 17.3. The van der Waals surface area contributed by atoms with E-state index in [-0.39, 0.29) is 30.2 Å². The van der Waals surface area contributed by atoms with Crippen molar-refractivity contribution in [2.75, 3.05) is 13.1 Å². The Morgan fingerprint density at radius 3 is 2.69 bits per heavy atom. The molecule has 29 heavy (non-hydrogen) atoms. The summed E-state index contributed by atoms with van der Waals surface area (Å²) < 4.78 is 1.20. The number of nitrogens with zero attached hydrogens (tertiary/aromatic N) is 2. The van der Waals surface area contributed by atoms with Crippen molar-refractivity contribution in [2.24, 2.45) is 0 Å². The van der Waals surface area contributed by atoms with Crippen LogP contribution in [0.5, 0.6) is 0 Å². The molecule has 5 nitrogen and oxygen atoms in total. The summed E-state index contributed by atoms with van der Waals surface area (Å²) in [6.07, 6.45) is 2.30. The van der Waals surface area contributed by atoms with Gasteiger partial charge in [-0.3, -0.25) is 9.59 Å². The average Bonchev–Trinajstić information content (AvgIpc) is 3.18. The van der Waals surface area contributed by atoms with Crippen molar-refractivity contribution in [3.8, 4) is 0 Å². The summed E-state index contributed by atoms with van der Waals surface area (Å²) in [4.78, 5) is 31.5. The molecule has 0 saturated carbocycles. The van der Waals surface area contributed by atoms with Gasteiger partial charge in [-0.1, -0.05) is 42.5 Å². The van der Waals surface area contributed by atoms with E-state index in [9.17, 15) is 9.59 Å². The molecule has 1 aliphatic heterocycles. The van der Waals surface area contributed by atoms with Crippen molar-refractivity contribution in [3.63, 3.8) is 0 Å². The highest BCUT2D eigenvalue weighted by Gasteiger charge is 2.28. The fourth-order valence-electron chi connectivity index (χ4n) is 3.96. The summed E-state index contributed by atoms with van der Waals surface area (Å²) >= 11 is 1.73. The van der Waals surface area contributed by atoms with Crippen LogP contribution in [0.4, 0.5) is 0 Å². The van der Waals surface area contributed by atoms with Crippen LogP contribution in [0.1, 0.15) is 48.7 Å². The van der Waals surface area contributed by atoms with E-state index in [0.717, 1.165) is 35.5 Å². The third-order valence-corrected chi connectivity index (χ3v) is 6.59. The molecule has 0 bridgehead atoms. The highest BCUT2D eigenvalue weighted by molar-refractivity contribution is 7.18. The number of benzene rings is 2. The largest absolute Gasteiger partial charge is 0.349 e. The molecule has 1 aromatic heterocycles. The minimum Gasteiger partial charge on any atom is -0.349 e. The molecule has 0 radical (unpaired) electrons. The van der Waals surface area contributed by atoms with Gasteiger partial charge in [0, 0.05) is 25.9 Å². The van der Waals surface area contributed by atoms with E-state index in [1.54, 1.807) is 11.3 Å². The van der Waals surface area contributed by atoms with E-state index < -0.39 is 0 Å². The molecule has 0 spiro atoms. The standard InChI is InChI=1S/C23H25N3O2S/c1-16(27)24-20(17-8-3-2-4-9-17)14-22(28)26-13-7-10-18(15-26)23-25-19-11-5-6-12-21(19)29-23/h2-6,8-9,11-12,18,20H,7,10,13-15H2,1H3,(H,24,27). The molecular formula is C23H25N3O2S. The number of carbonyl (C=O) groups is 2. The van der Waals surface area contributed by atoms with Crippen molar-refractivity contribution in [1.82, 2.24) is 15.2 Å². The summed E-state index contributed by atoms with van der Waals surface area (Å²) in [6, 6.07) is 17.6. The van der Waals surface area contributed by atoms with Crippen molar-refractivity contribution in [3.05, 3.63) is 65.2 Å². The zero-order valence-electron chi connectivity index (χ0n) is 16.5. The number of carbonyl (C=O) groups excluding carboxylic acids is 2. The molecule has 2 atom stereocenters. The Labute approximate surface area is 174 Å². The van der Waals surface area contributed by atoms with E-state index >= 15 is 0 Å². The Bertz CT molecular complexity index is 969. The lowest BCUT2D eigenvalue weighted by atomic mass is 9.97. The number of thiazole rings is 1. The van der Waals surface area contributed by atoms with Crippen LogP contribution in [-0.2, 0) is 9.59 Å². The number of aromatic nitrogens is 1. The molecule has 1 saturated heterocycles. The van der Waals surface area contributed by atoms with Gasteiger partial charge in [-0.15, -0.1) is 11.3 Å². The molecule has 2 unspecified atom stereocenters. The van der Waals surface area contributed by atoms with E-state index in [0.29, 0.717) is 6.54 Å². The third kappa shape index (κ3) is 4.65. The molecule has 0 aliphatic carbocycles. The number of rotatable bonds is 5. The predicted octanol–water partition coefficient (Wildman–Crippen LogP) is 4.27. The second-order valence-electron chi connectivity index (χ2n) is 7.57. The Hall–Kier alpha value is -2.73. The SMILES string of the molecule is CC(=O)NC(CC(=O)N1CCCC(c2nc3ccccc3s2)C1)c1ccccc1. The Balaban J connectivity index is 1.46. The summed E-state index contributed by atoms with van der Waals surface area (Å²) in [7, 11) is 0. The first-order chi connectivity index (χ1) is 14.1. The zero-order chi connectivity index (χ0) is 20.2. The summed E-state index contributed by atoms with van der Waals surface area (Å²) in [5, 5.41) is 4.05. The quantitative estimate of drug-likeness (QED) is 0.687. The predicted molar refractivity (Wildman–Crippen MR) is 116 cm³/mol. The minimum atomic E-state index is -0.302. The summed E-state index contributed by atoms with van der Waals surface area (Å²) in [5.41, 5.74) is 1.99.